The quantitative estimate of drug-likeness (QED) is 0.510. The van der Waals surface area contributed by atoms with Crippen LogP contribution in [-0.4, -0.2) is 0 Å². The van der Waals surface area contributed by atoms with E-state index >= 15 is 0 Å². The average molecular weight is 407 g/mol. The summed E-state index contributed by atoms with van der Waals surface area (Å²) in [5, 5.41) is 0.674. The van der Waals surface area contributed by atoms with Crippen molar-refractivity contribution in [2.75, 3.05) is 0 Å². The normalized spacial score (nSPS) is 12.5. The topological polar surface area (TPSA) is 0 Å². The summed E-state index contributed by atoms with van der Waals surface area (Å²) in [6, 6.07) is 8.89. The number of rotatable bonds is 2. The molecule has 19 heavy (non-hydrogen) atoms. The number of halogens is 4. The van der Waals surface area contributed by atoms with Gasteiger partial charge in [-0.3, -0.25) is 0 Å². The third-order valence-corrected chi connectivity index (χ3v) is 5.33. The molecule has 1 atom stereocenters. The Hall–Kier alpha value is -0.380. The monoisotopic (exact) mass is 404 g/mol. The second-order valence-electron chi connectivity index (χ2n) is 4.46. The Morgan fingerprint density at radius 3 is 2.32 bits per heavy atom. The molecular weight excluding hydrogens is 394 g/mol. The number of benzene rings is 2. The molecule has 0 nitrogen and oxygen atoms in total. The summed E-state index contributed by atoms with van der Waals surface area (Å²) in [5.74, 6) is -0.209. The molecule has 0 N–H and O–H groups in total. The van der Waals surface area contributed by atoms with E-state index in [1.54, 1.807) is 12.1 Å². The standard InChI is InChI=1S/C15H12Br2ClF/c1-8-6-10(19)7-9(2)13(8)14(17)11-4-3-5-12(16)15(11)18/h3-7,14H,1-2H3. The van der Waals surface area contributed by atoms with Crippen LogP contribution in [-0.2, 0) is 0 Å². The first-order chi connectivity index (χ1) is 8.91. The Labute approximate surface area is 134 Å². The van der Waals surface area contributed by atoms with Gasteiger partial charge in [-0.2, -0.15) is 0 Å². The Morgan fingerprint density at radius 1 is 1.16 bits per heavy atom. The fraction of sp³-hybridized carbons (Fsp3) is 0.200. The van der Waals surface area contributed by atoms with Gasteiger partial charge in [0, 0.05) is 4.47 Å². The van der Waals surface area contributed by atoms with E-state index in [4.69, 9.17) is 11.6 Å². The predicted octanol–water partition coefficient (Wildman–Crippen LogP) is 6.34. The van der Waals surface area contributed by atoms with Crippen LogP contribution in [0.2, 0.25) is 5.02 Å². The van der Waals surface area contributed by atoms with Crippen molar-refractivity contribution < 1.29 is 4.39 Å². The van der Waals surface area contributed by atoms with Crippen LogP contribution in [0.3, 0.4) is 0 Å². The van der Waals surface area contributed by atoms with Crippen molar-refractivity contribution in [2.45, 2.75) is 18.7 Å². The molecular formula is C15H12Br2ClF. The Morgan fingerprint density at radius 2 is 1.74 bits per heavy atom. The Kier molecular flexibility index (Phi) is 4.70. The summed E-state index contributed by atoms with van der Waals surface area (Å²) >= 11 is 13.4. The van der Waals surface area contributed by atoms with Crippen molar-refractivity contribution in [1.29, 1.82) is 0 Å². The van der Waals surface area contributed by atoms with Crippen LogP contribution in [0.4, 0.5) is 4.39 Å². The van der Waals surface area contributed by atoms with Crippen molar-refractivity contribution in [2.24, 2.45) is 0 Å². The van der Waals surface area contributed by atoms with Gasteiger partial charge in [0.25, 0.3) is 0 Å². The first-order valence-electron chi connectivity index (χ1n) is 5.76. The molecule has 0 aliphatic heterocycles. The largest absolute Gasteiger partial charge is 0.207 e. The fourth-order valence-corrected chi connectivity index (χ4v) is 4.05. The summed E-state index contributed by atoms with van der Waals surface area (Å²) in [5.41, 5.74) is 3.85. The summed E-state index contributed by atoms with van der Waals surface area (Å²) in [6.45, 7) is 3.82. The molecule has 0 saturated carbocycles. The van der Waals surface area contributed by atoms with Crippen LogP contribution >= 0.6 is 43.5 Å². The highest BCUT2D eigenvalue weighted by Gasteiger charge is 2.19. The molecule has 0 fully saturated rings. The minimum Gasteiger partial charge on any atom is -0.207 e. The number of alkyl halides is 1. The highest BCUT2D eigenvalue weighted by molar-refractivity contribution is 9.10. The molecule has 0 radical (unpaired) electrons. The van der Waals surface area contributed by atoms with E-state index in [9.17, 15) is 4.39 Å². The van der Waals surface area contributed by atoms with Crippen molar-refractivity contribution >= 4 is 43.5 Å². The van der Waals surface area contributed by atoms with Crippen molar-refractivity contribution in [3.05, 3.63) is 67.9 Å². The van der Waals surface area contributed by atoms with Crippen LogP contribution in [0.15, 0.2) is 34.8 Å². The molecule has 1 unspecified atom stereocenters. The van der Waals surface area contributed by atoms with Gasteiger partial charge in [-0.25, -0.2) is 4.39 Å². The second kappa shape index (κ2) is 5.94. The fourth-order valence-electron chi connectivity index (χ4n) is 2.19. The van der Waals surface area contributed by atoms with Crippen LogP contribution in [0.25, 0.3) is 0 Å². The highest BCUT2D eigenvalue weighted by atomic mass is 79.9. The molecule has 2 aromatic carbocycles. The van der Waals surface area contributed by atoms with E-state index in [2.05, 4.69) is 31.9 Å². The maximum Gasteiger partial charge on any atom is 0.123 e. The molecule has 2 rings (SSSR count). The molecule has 0 spiro atoms. The van der Waals surface area contributed by atoms with Gasteiger partial charge in [0.05, 0.1) is 9.85 Å². The number of aryl methyl sites for hydroxylation is 2. The molecule has 4 heteroatoms. The molecule has 0 bridgehead atoms. The molecule has 0 saturated heterocycles. The molecule has 0 amide bonds. The number of hydrogen-bond donors (Lipinski definition) is 0. The van der Waals surface area contributed by atoms with Gasteiger partial charge in [-0.05, 0) is 70.2 Å². The van der Waals surface area contributed by atoms with Crippen molar-refractivity contribution in [3.8, 4) is 0 Å². The molecule has 2 aromatic rings. The number of hydrogen-bond acceptors (Lipinski definition) is 0. The second-order valence-corrected chi connectivity index (χ2v) is 6.61. The van der Waals surface area contributed by atoms with E-state index in [0.717, 1.165) is 26.7 Å². The zero-order chi connectivity index (χ0) is 14.2. The van der Waals surface area contributed by atoms with Crippen molar-refractivity contribution in [1.82, 2.24) is 0 Å². The molecule has 0 aliphatic carbocycles. The first-order valence-corrected chi connectivity index (χ1v) is 7.85. The first kappa shape index (κ1) is 15.0. The smallest absolute Gasteiger partial charge is 0.123 e. The van der Waals surface area contributed by atoms with Crippen LogP contribution in [0.1, 0.15) is 27.1 Å². The van der Waals surface area contributed by atoms with E-state index in [1.165, 1.54) is 0 Å². The van der Waals surface area contributed by atoms with Crippen LogP contribution in [0.5, 0.6) is 0 Å². The summed E-state index contributed by atoms with van der Waals surface area (Å²) in [4.78, 5) is -0.0573. The third kappa shape index (κ3) is 3.04. The van der Waals surface area contributed by atoms with Crippen LogP contribution < -0.4 is 0 Å². The van der Waals surface area contributed by atoms with Gasteiger partial charge >= 0.3 is 0 Å². The molecule has 0 aliphatic rings. The zero-order valence-corrected chi connectivity index (χ0v) is 14.4. The van der Waals surface area contributed by atoms with E-state index in [1.807, 2.05) is 32.0 Å². The third-order valence-electron chi connectivity index (χ3n) is 3.07. The summed E-state index contributed by atoms with van der Waals surface area (Å²) < 4.78 is 14.2. The van der Waals surface area contributed by atoms with Gasteiger partial charge in [0.2, 0.25) is 0 Å². The lowest BCUT2D eigenvalue weighted by molar-refractivity contribution is 0.624. The lowest BCUT2D eigenvalue weighted by Crippen LogP contribution is -2.01. The van der Waals surface area contributed by atoms with Crippen LogP contribution in [0, 0.1) is 19.7 Å². The van der Waals surface area contributed by atoms with Gasteiger partial charge < -0.3 is 0 Å². The Balaban J connectivity index is 2.56. The highest BCUT2D eigenvalue weighted by Crippen LogP contribution is 2.40. The molecule has 0 heterocycles. The lowest BCUT2D eigenvalue weighted by Gasteiger charge is -2.18. The van der Waals surface area contributed by atoms with E-state index < -0.39 is 0 Å². The van der Waals surface area contributed by atoms with Gasteiger partial charge in [-0.1, -0.05) is 39.7 Å². The van der Waals surface area contributed by atoms with Gasteiger partial charge in [0.15, 0.2) is 0 Å². The van der Waals surface area contributed by atoms with E-state index in [-0.39, 0.29) is 10.6 Å². The minimum atomic E-state index is -0.209. The maximum atomic E-state index is 13.4. The average Bonchev–Trinajstić information content (AvgIpc) is 2.31. The van der Waals surface area contributed by atoms with Gasteiger partial charge in [0.1, 0.15) is 5.82 Å². The molecule has 0 aromatic heterocycles. The maximum absolute atomic E-state index is 13.4. The zero-order valence-electron chi connectivity index (χ0n) is 10.5. The van der Waals surface area contributed by atoms with E-state index in [0.29, 0.717) is 5.02 Å². The summed E-state index contributed by atoms with van der Waals surface area (Å²) in [7, 11) is 0. The lowest BCUT2D eigenvalue weighted by atomic mass is 9.96. The molecule has 100 valence electrons. The van der Waals surface area contributed by atoms with Crippen molar-refractivity contribution in [3.63, 3.8) is 0 Å². The predicted molar refractivity (Wildman–Crippen MR) is 85.8 cm³/mol. The Bertz CT molecular complexity index is 603. The summed E-state index contributed by atoms with van der Waals surface area (Å²) in [6.07, 6.45) is 0. The minimum absolute atomic E-state index is 0.0573. The van der Waals surface area contributed by atoms with Gasteiger partial charge in [-0.15, -0.1) is 0 Å². The SMILES string of the molecule is Cc1cc(F)cc(C)c1C(Br)c1cccc(Br)c1Cl.